The number of carbonyl (C=O) groups excluding carboxylic acids is 2. The summed E-state index contributed by atoms with van der Waals surface area (Å²) < 4.78 is 10.5. The predicted octanol–water partition coefficient (Wildman–Crippen LogP) is 4.25. The molecular formula is C24H28N4O4. The zero-order valence-corrected chi connectivity index (χ0v) is 18.9. The number of benzene rings is 2. The van der Waals surface area contributed by atoms with Gasteiger partial charge in [-0.25, -0.2) is 0 Å². The standard InChI is InChI=1S/C24H28N4O4/c1-15(29)25-20(16-8-12-19(31-5)13-9-16)14-21(30)26-18-10-6-17(7-11-18)22-27-23(32-28-22)24(2,3)4/h6-13,20H,14H2,1-5H3,(H,25,29)(H,26,30). The van der Waals surface area contributed by atoms with Crippen molar-refractivity contribution in [2.45, 2.75) is 45.6 Å². The van der Waals surface area contributed by atoms with Crippen LogP contribution in [0.1, 0.15) is 51.6 Å². The molecule has 1 unspecified atom stereocenters. The second-order valence-corrected chi connectivity index (χ2v) is 8.53. The highest BCUT2D eigenvalue weighted by Gasteiger charge is 2.22. The molecule has 2 N–H and O–H groups in total. The maximum absolute atomic E-state index is 12.6. The van der Waals surface area contributed by atoms with Gasteiger partial charge >= 0.3 is 0 Å². The molecule has 0 fully saturated rings. The Morgan fingerprint density at radius 3 is 2.25 bits per heavy atom. The van der Waals surface area contributed by atoms with Gasteiger partial charge in [0.15, 0.2) is 0 Å². The van der Waals surface area contributed by atoms with Crippen LogP contribution >= 0.6 is 0 Å². The maximum atomic E-state index is 12.6. The SMILES string of the molecule is COc1ccc(C(CC(=O)Nc2ccc(-c3noc(C(C)(C)C)n3)cc2)NC(C)=O)cc1. The molecule has 1 heterocycles. The van der Waals surface area contributed by atoms with Crippen molar-refractivity contribution in [2.75, 3.05) is 12.4 Å². The smallest absolute Gasteiger partial charge is 0.232 e. The number of nitrogens with one attached hydrogen (secondary N) is 2. The van der Waals surface area contributed by atoms with Gasteiger partial charge in [0.1, 0.15) is 5.75 Å². The molecule has 0 radical (unpaired) electrons. The van der Waals surface area contributed by atoms with Gasteiger partial charge in [-0.2, -0.15) is 4.98 Å². The zero-order valence-electron chi connectivity index (χ0n) is 18.9. The molecule has 8 heteroatoms. The van der Waals surface area contributed by atoms with Crippen LogP contribution in [-0.2, 0) is 15.0 Å². The molecule has 0 saturated carbocycles. The van der Waals surface area contributed by atoms with Gasteiger partial charge in [-0.1, -0.05) is 38.1 Å². The maximum Gasteiger partial charge on any atom is 0.232 e. The van der Waals surface area contributed by atoms with Gasteiger partial charge in [0.25, 0.3) is 0 Å². The third-order valence-corrected chi connectivity index (χ3v) is 4.78. The predicted molar refractivity (Wildman–Crippen MR) is 121 cm³/mol. The summed E-state index contributed by atoms with van der Waals surface area (Å²) in [5.41, 5.74) is 2.01. The Labute approximate surface area is 187 Å². The first-order chi connectivity index (χ1) is 15.2. The van der Waals surface area contributed by atoms with Crippen LogP contribution in [-0.4, -0.2) is 29.1 Å². The minimum atomic E-state index is -0.451. The molecule has 0 spiro atoms. The van der Waals surface area contributed by atoms with Crippen molar-refractivity contribution in [3.63, 3.8) is 0 Å². The molecule has 3 aromatic rings. The summed E-state index contributed by atoms with van der Waals surface area (Å²) in [4.78, 5) is 28.7. The molecule has 0 aliphatic rings. The van der Waals surface area contributed by atoms with Crippen molar-refractivity contribution in [1.82, 2.24) is 15.5 Å². The Bertz CT molecular complexity index is 1070. The van der Waals surface area contributed by atoms with E-state index in [1.165, 1.54) is 6.92 Å². The summed E-state index contributed by atoms with van der Waals surface area (Å²) in [5, 5.41) is 9.73. The van der Waals surface area contributed by atoms with Gasteiger partial charge in [-0.3, -0.25) is 9.59 Å². The van der Waals surface area contributed by atoms with Crippen LogP contribution in [0, 0.1) is 0 Å². The number of rotatable bonds is 7. The van der Waals surface area contributed by atoms with Crippen molar-refractivity contribution in [3.8, 4) is 17.1 Å². The summed E-state index contributed by atoms with van der Waals surface area (Å²) in [6, 6.07) is 14.0. The van der Waals surface area contributed by atoms with Crippen molar-refractivity contribution in [3.05, 3.63) is 60.0 Å². The Morgan fingerprint density at radius 1 is 1.06 bits per heavy atom. The van der Waals surface area contributed by atoms with Gasteiger partial charge in [0, 0.05) is 23.6 Å². The topological polar surface area (TPSA) is 106 Å². The fourth-order valence-electron chi connectivity index (χ4n) is 3.08. The molecule has 2 amide bonds. The van der Waals surface area contributed by atoms with Crippen molar-refractivity contribution in [2.24, 2.45) is 0 Å². The number of hydrogen-bond acceptors (Lipinski definition) is 6. The molecule has 8 nitrogen and oxygen atoms in total. The second kappa shape index (κ2) is 9.64. The van der Waals surface area contributed by atoms with Gasteiger partial charge in [-0.15, -0.1) is 0 Å². The van der Waals surface area contributed by atoms with E-state index >= 15 is 0 Å². The first kappa shape index (κ1) is 23.0. The van der Waals surface area contributed by atoms with E-state index < -0.39 is 6.04 Å². The Morgan fingerprint density at radius 2 is 1.72 bits per heavy atom. The summed E-state index contributed by atoms with van der Waals surface area (Å²) in [6.45, 7) is 7.44. The lowest BCUT2D eigenvalue weighted by molar-refractivity contribution is -0.120. The average Bonchev–Trinajstić information content (AvgIpc) is 3.24. The van der Waals surface area contributed by atoms with Crippen molar-refractivity contribution in [1.29, 1.82) is 0 Å². The highest BCUT2D eigenvalue weighted by molar-refractivity contribution is 5.91. The van der Waals surface area contributed by atoms with Crippen molar-refractivity contribution < 1.29 is 18.8 Å². The van der Waals surface area contributed by atoms with Gasteiger partial charge in [-0.05, 0) is 42.0 Å². The molecule has 0 saturated heterocycles. The van der Waals surface area contributed by atoms with E-state index in [2.05, 4.69) is 20.8 Å². The number of nitrogens with zero attached hydrogens (tertiary/aromatic N) is 2. The summed E-state index contributed by atoms with van der Waals surface area (Å²) in [5.74, 6) is 1.33. The van der Waals surface area contributed by atoms with Crippen LogP contribution in [0.4, 0.5) is 5.69 Å². The second-order valence-electron chi connectivity index (χ2n) is 8.53. The van der Waals surface area contributed by atoms with Crippen LogP contribution in [0.5, 0.6) is 5.75 Å². The van der Waals surface area contributed by atoms with Gasteiger partial charge in [0.2, 0.25) is 23.5 Å². The van der Waals surface area contributed by atoms with Crippen LogP contribution in [0.25, 0.3) is 11.4 Å². The lowest BCUT2D eigenvalue weighted by Crippen LogP contribution is -2.29. The summed E-state index contributed by atoms with van der Waals surface area (Å²) >= 11 is 0. The lowest BCUT2D eigenvalue weighted by atomic mass is 9.97. The molecule has 0 bridgehead atoms. The number of ether oxygens (including phenoxy) is 1. The third kappa shape index (κ3) is 5.94. The van der Waals surface area contributed by atoms with E-state index in [9.17, 15) is 9.59 Å². The first-order valence-electron chi connectivity index (χ1n) is 10.3. The molecule has 168 valence electrons. The zero-order chi connectivity index (χ0) is 23.3. The normalized spacial score (nSPS) is 12.2. The van der Waals surface area contributed by atoms with E-state index in [0.717, 1.165) is 11.1 Å². The largest absolute Gasteiger partial charge is 0.497 e. The third-order valence-electron chi connectivity index (χ3n) is 4.78. The minimum Gasteiger partial charge on any atom is -0.497 e. The van der Waals surface area contributed by atoms with Gasteiger partial charge in [0.05, 0.1) is 19.6 Å². The minimum absolute atomic E-state index is 0.0907. The quantitative estimate of drug-likeness (QED) is 0.574. The molecule has 0 aliphatic carbocycles. The van der Waals surface area contributed by atoms with E-state index in [4.69, 9.17) is 9.26 Å². The van der Waals surface area contributed by atoms with Crippen LogP contribution in [0.2, 0.25) is 0 Å². The number of carbonyl (C=O) groups is 2. The van der Waals surface area contributed by atoms with E-state index in [1.807, 2.05) is 45.0 Å². The molecular weight excluding hydrogens is 408 g/mol. The summed E-state index contributed by atoms with van der Waals surface area (Å²) in [7, 11) is 1.58. The Balaban J connectivity index is 1.67. The lowest BCUT2D eigenvalue weighted by Gasteiger charge is -2.18. The Hall–Kier alpha value is -3.68. The van der Waals surface area contributed by atoms with Crippen LogP contribution < -0.4 is 15.4 Å². The van der Waals surface area contributed by atoms with Crippen LogP contribution in [0.3, 0.4) is 0 Å². The number of aromatic nitrogens is 2. The fraction of sp³-hybridized carbons (Fsp3) is 0.333. The average molecular weight is 437 g/mol. The number of anilines is 1. The monoisotopic (exact) mass is 436 g/mol. The highest BCUT2D eigenvalue weighted by Crippen LogP contribution is 2.25. The summed E-state index contributed by atoms with van der Waals surface area (Å²) in [6.07, 6.45) is 0.0907. The fourth-order valence-corrected chi connectivity index (χ4v) is 3.08. The molecule has 3 rings (SSSR count). The first-order valence-corrected chi connectivity index (χ1v) is 10.3. The molecule has 32 heavy (non-hydrogen) atoms. The molecule has 1 atom stereocenters. The number of methoxy groups -OCH3 is 1. The molecule has 2 aromatic carbocycles. The van der Waals surface area contributed by atoms with Crippen molar-refractivity contribution >= 4 is 17.5 Å². The molecule has 0 aliphatic heterocycles. The van der Waals surface area contributed by atoms with Crippen LogP contribution in [0.15, 0.2) is 53.1 Å². The number of amides is 2. The molecule has 1 aromatic heterocycles. The van der Waals surface area contributed by atoms with Gasteiger partial charge < -0.3 is 19.9 Å². The number of hydrogen-bond donors (Lipinski definition) is 2. The van der Waals surface area contributed by atoms with E-state index in [0.29, 0.717) is 23.2 Å². The van der Waals surface area contributed by atoms with E-state index in [1.54, 1.807) is 31.4 Å². The highest BCUT2D eigenvalue weighted by atomic mass is 16.5. The van der Waals surface area contributed by atoms with E-state index in [-0.39, 0.29) is 23.7 Å². The Kier molecular flexibility index (Phi) is 6.92.